The summed E-state index contributed by atoms with van der Waals surface area (Å²) < 4.78 is 15.3. The molecule has 1 fully saturated rings. The maximum absolute atomic E-state index is 11.7. The van der Waals surface area contributed by atoms with E-state index in [1.165, 1.54) is 19.2 Å². The first kappa shape index (κ1) is 16.7. The highest BCUT2D eigenvalue weighted by Gasteiger charge is 2.44. The molecule has 0 unspecified atom stereocenters. The summed E-state index contributed by atoms with van der Waals surface area (Å²) in [6, 6.07) is 6.14. The third kappa shape index (κ3) is 3.21. The molecule has 1 aromatic rings. The largest absolute Gasteiger partial charge is 0.465 e. The van der Waals surface area contributed by atoms with Gasteiger partial charge in [-0.25, -0.2) is 4.79 Å². The molecule has 0 aliphatic carbocycles. The highest BCUT2D eigenvalue weighted by atomic mass is 16.7. The Morgan fingerprint density at radius 3 is 2.50 bits per heavy atom. The molecular formula is C14H18O8. The molecule has 5 atom stereocenters. The minimum atomic E-state index is -1.55. The molecule has 1 aliphatic rings. The lowest BCUT2D eigenvalue weighted by atomic mass is 9.99. The number of aliphatic hydroxyl groups excluding tert-OH is 4. The van der Waals surface area contributed by atoms with E-state index in [2.05, 4.69) is 4.74 Å². The zero-order chi connectivity index (χ0) is 16.3. The van der Waals surface area contributed by atoms with Crippen molar-refractivity contribution in [3.8, 4) is 5.75 Å². The van der Waals surface area contributed by atoms with Crippen LogP contribution in [-0.4, -0.2) is 70.8 Å². The van der Waals surface area contributed by atoms with Gasteiger partial charge in [-0.1, -0.05) is 12.1 Å². The van der Waals surface area contributed by atoms with Crippen molar-refractivity contribution in [3.63, 3.8) is 0 Å². The summed E-state index contributed by atoms with van der Waals surface area (Å²) in [5.41, 5.74) is 0.113. The molecule has 1 aliphatic heterocycles. The molecule has 0 aromatic heterocycles. The molecule has 0 saturated carbocycles. The number of rotatable bonds is 4. The van der Waals surface area contributed by atoms with Gasteiger partial charge in [0.15, 0.2) is 0 Å². The maximum atomic E-state index is 11.7. The zero-order valence-electron chi connectivity index (χ0n) is 11.8. The maximum Gasteiger partial charge on any atom is 0.341 e. The predicted octanol–water partition coefficient (Wildman–Crippen LogP) is -1.35. The van der Waals surface area contributed by atoms with Gasteiger partial charge in [0.25, 0.3) is 0 Å². The monoisotopic (exact) mass is 314 g/mol. The lowest BCUT2D eigenvalue weighted by Gasteiger charge is -2.39. The van der Waals surface area contributed by atoms with Crippen LogP contribution in [0.4, 0.5) is 0 Å². The van der Waals surface area contributed by atoms with E-state index in [4.69, 9.17) is 14.6 Å². The van der Waals surface area contributed by atoms with Crippen molar-refractivity contribution in [1.29, 1.82) is 0 Å². The summed E-state index contributed by atoms with van der Waals surface area (Å²) in [6.45, 7) is -0.566. The fraction of sp³-hybridized carbons (Fsp3) is 0.500. The van der Waals surface area contributed by atoms with Gasteiger partial charge in [0.2, 0.25) is 6.29 Å². The Morgan fingerprint density at radius 1 is 1.18 bits per heavy atom. The van der Waals surface area contributed by atoms with Crippen LogP contribution >= 0.6 is 0 Å². The number of para-hydroxylation sites is 1. The third-order valence-corrected chi connectivity index (χ3v) is 3.38. The Bertz CT molecular complexity index is 517. The summed E-state index contributed by atoms with van der Waals surface area (Å²) in [7, 11) is 1.22. The summed E-state index contributed by atoms with van der Waals surface area (Å²) in [5.74, 6) is -0.557. The Morgan fingerprint density at radius 2 is 1.86 bits per heavy atom. The highest BCUT2D eigenvalue weighted by molar-refractivity contribution is 5.92. The first-order valence-electron chi connectivity index (χ1n) is 6.64. The molecule has 0 amide bonds. The molecule has 0 bridgehead atoms. The number of benzene rings is 1. The highest BCUT2D eigenvalue weighted by Crippen LogP contribution is 2.26. The van der Waals surface area contributed by atoms with Gasteiger partial charge in [0.05, 0.1) is 13.7 Å². The molecule has 0 radical (unpaired) electrons. The van der Waals surface area contributed by atoms with E-state index < -0.39 is 43.3 Å². The number of esters is 1. The van der Waals surface area contributed by atoms with Gasteiger partial charge in [-0.15, -0.1) is 0 Å². The van der Waals surface area contributed by atoms with Gasteiger partial charge in [0.1, 0.15) is 35.7 Å². The molecule has 4 N–H and O–H groups in total. The molecule has 0 spiro atoms. The van der Waals surface area contributed by atoms with Crippen LogP contribution in [0.3, 0.4) is 0 Å². The van der Waals surface area contributed by atoms with Gasteiger partial charge >= 0.3 is 5.97 Å². The van der Waals surface area contributed by atoms with E-state index in [9.17, 15) is 20.1 Å². The Labute approximate surface area is 126 Å². The third-order valence-electron chi connectivity index (χ3n) is 3.38. The second-order valence-electron chi connectivity index (χ2n) is 4.80. The van der Waals surface area contributed by atoms with E-state index in [0.29, 0.717) is 0 Å². The van der Waals surface area contributed by atoms with Gasteiger partial charge in [-0.2, -0.15) is 0 Å². The smallest absolute Gasteiger partial charge is 0.341 e. The minimum Gasteiger partial charge on any atom is -0.465 e. The van der Waals surface area contributed by atoms with Crippen molar-refractivity contribution in [2.24, 2.45) is 0 Å². The van der Waals surface area contributed by atoms with Gasteiger partial charge in [-0.3, -0.25) is 0 Å². The Balaban J connectivity index is 2.21. The number of aliphatic hydroxyl groups is 4. The van der Waals surface area contributed by atoms with Crippen molar-refractivity contribution < 1.29 is 39.4 Å². The average molecular weight is 314 g/mol. The molecule has 122 valence electrons. The van der Waals surface area contributed by atoms with Gasteiger partial charge in [0, 0.05) is 0 Å². The second-order valence-corrected chi connectivity index (χ2v) is 4.80. The van der Waals surface area contributed by atoms with Crippen LogP contribution in [0.5, 0.6) is 5.75 Å². The zero-order valence-corrected chi connectivity index (χ0v) is 11.8. The fourth-order valence-electron chi connectivity index (χ4n) is 2.14. The normalized spacial score (nSPS) is 31.6. The topological polar surface area (TPSA) is 126 Å². The van der Waals surface area contributed by atoms with Crippen LogP contribution < -0.4 is 4.74 Å². The molecule has 1 heterocycles. The molecule has 8 nitrogen and oxygen atoms in total. The van der Waals surface area contributed by atoms with E-state index in [1.807, 2.05) is 0 Å². The number of ether oxygens (including phenoxy) is 3. The van der Waals surface area contributed by atoms with Crippen molar-refractivity contribution in [2.45, 2.75) is 30.7 Å². The van der Waals surface area contributed by atoms with Crippen molar-refractivity contribution in [2.75, 3.05) is 13.7 Å². The molecule has 1 saturated heterocycles. The van der Waals surface area contributed by atoms with Crippen LogP contribution in [0.25, 0.3) is 0 Å². The quantitative estimate of drug-likeness (QED) is 0.503. The van der Waals surface area contributed by atoms with Crippen LogP contribution in [0, 0.1) is 0 Å². The predicted molar refractivity (Wildman–Crippen MR) is 72.2 cm³/mol. The van der Waals surface area contributed by atoms with E-state index >= 15 is 0 Å². The first-order valence-corrected chi connectivity index (χ1v) is 6.64. The summed E-state index contributed by atoms with van der Waals surface area (Å²) >= 11 is 0. The molecular weight excluding hydrogens is 296 g/mol. The van der Waals surface area contributed by atoms with Crippen molar-refractivity contribution in [1.82, 2.24) is 0 Å². The molecule has 1 aromatic carbocycles. The summed E-state index contributed by atoms with van der Waals surface area (Å²) in [6.07, 6.45) is -7.03. The second kappa shape index (κ2) is 7.03. The average Bonchev–Trinajstić information content (AvgIpc) is 2.55. The fourth-order valence-corrected chi connectivity index (χ4v) is 2.14. The number of methoxy groups -OCH3 is 1. The van der Waals surface area contributed by atoms with Crippen LogP contribution in [-0.2, 0) is 9.47 Å². The Kier molecular flexibility index (Phi) is 5.33. The van der Waals surface area contributed by atoms with Gasteiger partial charge < -0.3 is 34.6 Å². The molecule has 8 heteroatoms. The summed E-state index contributed by atoms with van der Waals surface area (Å²) in [5, 5.41) is 38.4. The van der Waals surface area contributed by atoms with Crippen LogP contribution in [0.2, 0.25) is 0 Å². The standard InChI is InChI=1S/C14H18O8/c1-20-13(19)7-4-2-3-5-8(7)21-14-12(18)11(17)10(16)9(6-15)22-14/h2-5,9-12,14-18H,6H2,1H3/t9-,10+,11+,12-,14+/m0/s1. The van der Waals surface area contributed by atoms with Crippen molar-refractivity contribution in [3.05, 3.63) is 29.8 Å². The minimum absolute atomic E-state index is 0.0821. The lowest BCUT2D eigenvalue weighted by Crippen LogP contribution is -2.60. The van der Waals surface area contributed by atoms with Crippen LogP contribution in [0.1, 0.15) is 10.4 Å². The SMILES string of the molecule is COC(=O)c1ccccc1O[C@@H]1O[C@@H](CO)[C@@H](O)[C@@H](O)[C@@H]1O. The van der Waals surface area contributed by atoms with E-state index in [1.54, 1.807) is 12.1 Å². The lowest BCUT2D eigenvalue weighted by molar-refractivity contribution is -0.277. The molecule has 22 heavy (non-hydrogen) atoms. The van der Waals surface area contributed by atoms with E-state index in [-0.39, 0.29) is 11.3 Å². The first-order chi connectivity index (χ1) is 10.5. The number of carbonyl (C=O) groups is 1. The van der Waals surface area contributed by atoms with Crippen LogP contribution in [0.15, 0.2) is 24.3 Å². The number of carbonyl (C=O) groups excluding carboxylic acids is 1. The summed E-state index contributed by atoms with van der Waals surface area (Å²) in [4.78, 5) is 11.7. The molecule has 2 rings (SSSR count). The number of hydrogen-bond donors (Lipinski definition) is 4. The Hall–Kier alpha value is -1.71. The van der Waals surface area contributed by atoms with Crippen molar-refractivity contribution >= 4 is 5.97 Å². The van der Waals surface area contributed by atoms with Gasteiger partial charge in [-0.05, 0) is 12.1 Å². The van der Waals surface area contributed by atoms with E-state index in [0.717, 1.165) is 0 Å². The number of hydrogen-bond acceptors (Lipinski definition) is 8.